The number of halogens is 2. The minimum atomic E-state index is -0.506. The van der Waals surface area contributed by atoms with E-state index in [9.17, 15) is 4.39 Å². The van der Waals surface area contributed by atoms with Gasteiger partial charge >= 0.3 is 0 Å². The molecule has 0 bridgehead atoms. The third kappa shape index (κ3) is 1.43. The molecule has 70 valence electrons. The average Bonchev–Trinajstić information content (AvgIpc) is 2.41. The molecule has 0 aromatic heterocycles. The van der Waals surface area contributed by atoms with Crippen LogP contribution in [0.25, 0.3) is 0 Å². The topological polar surface area (TPSA) is 0 Å². The zero-order chi connectivity index (χ0) is 8.72. The Hall–Kier alpha value is 0.410. The molecule has 0 aliphatic heterocycles. The number of rotatable bonds is 0. The van der Waals surface area contributed by atoms with Crippen molar-refractivity contribution in [2.45, 2.75) is 43.6 Å². The van der Waals surface area contributed by atoms with Crippen molar-refractivity contribution in [3.05, 3.63) is 0 Å². The summed E-state index contributed by atoms with van der Waals surface area (Å²) in [6.07, 6.45) is 3.67. The van der Waals surface area contributed by atoms with Gasteiger partial charge in [-0.3, -0.25) is 0 Å². The van der Waals surface area contributed by atoms with Gasteiger partial charge in [0.1, 0.15) is 6.17 Å². The summed E-state index contributed by atoms with van der Waals surface area (Å²) < 4.78 is 13.5. The minimum absolute atomic E-state index is 0.373. The zero-order valence-electron chi connectivity index (χ0n) is 7.47. The van der Waals surface area contributed by atoms with Crippen LogP contribution in [0.3, 0.4) is 0 Å². The van der Waals surface area contributed by atoms with Crippen molar-refractivity contribution in [3.8, 4) is 0 Å². The summed E-state index contributed by atoms with van der Waals surface area (Å²) in [5, 5.41) is 0. The van der Waals surface area contributed by atoms with E-state index in [1.165, 1.54) is 6.42 Å². The molecule has 0 nitrogen and oxygen atoms in total. The zero-order valence-corrected chi connectivity index (χ0v) is 9.06. The molecule has 0 N–H and O–H groups in total. The van der Waals surface area contributed by atoms with Crippen molar-refractivity contribution in [2.24, 2.45) is 17.8 Å². The van der Waals surface area contributed by atoms with Gasteiger partial charge in [0, 0.05) is 4.83 Å². The quantitative estimate of drug-likeness (QED) is 0.563. The molecule has 0 aromatic rings. The molecular weight excluding hydrogens is 219 g/mol. The second-order valence-electron chi connectivity index (χ2n) is 4.51. The summed E-state index contributed by atoms with van der Waals surface area (Å²) in [7, 11) is 0. The van der Waals surface area contributed by atoms with Crippen LogP contribution < -0.4 is 0 Å². The summed E-state index contributed by atoms with van der Waals surface area (Å²) in [5.74, 6) is 1.75. The van der Waals surface area contributed by atoms with Crippen molar-refractivity contribution >= 4 is 15.9 Å². The van der Waals surface area contributed by atoms with Crippen LogP contribution in [0.4, 0.5) is 4.39 Å². The predicted molar refractivity (Wildman–Crippen MR) is 52.2 cm³/mol. The van der Waals surface area contributed by atoms with E-state index in [0.29, 0.717) is 16.7 Å². The third-order valence-electron chi connectivity index (χ3n) is 3.55. The molecule has 2 fully saturated rings. The van der Waals surface area contributed by atoms with Crippen molar-refractivity contribution in [2.75, 3.05) is 0 Å². The van der Waals surface area contributed by atoms with E-state index in [1.807, 2.05) is 0 Å². The van der Waals surface area contributed by atoms with Crippen LogP contribution in [0.1, 0.15) is 32.6 Å². The first-order valence-corrected chi connectivity index (χ1v) is 5.88. The Morgan fingerprint density at radius 2 is 1.83 bits per heavy atom. The SMILES string of the molecule is CC1CC2C(F)CCC(Br)C2C1. The van der Waals surface area contributed by atoms with Crippen molar-refractivity contribution in [1.29, 1.82) is 0 Å². The first kappa shape index (κ1) is 8.98. The number of alkyl halides is 2. The van der Waals surface area contributed by atoms with Gasteiger partial charge in [0.15, 0.2) is 0 Å². The molecule has 0 heterocycles. The van der Waals surface area contributed by atoms with Gasteiger partial charge in [-0.1, -0.05) is 22.9 Å². The molecule has 0 aromatic carbocycles. The Bertz CT molecular complexity index is 153. The Balaban J connectivity index is 2.09. The van der Waals surface area contributed by atoms with Gasteiger partial charge in [-0.15, -0.1) is 0 Å². The van der Waals surface area contributed by atoms with Gasteiger partial charge in [0.25, 0.3) is 0 Å². The summed E-state index contributed by atoms with van der Waals surface area (Å²) in [5.41, 5.74) is 0. The molecule has 12 heavy (non-hydrogen) atoms. The van der Waals surface area contributed by atoms with Gasteiger partial charge in [-0.2, -0.15) is 0 Å². The maximum Gasteiger partial charge on any atom is 0.103 e. The minimum Gasteiger partial charge on any atom is -0.247 e. The highest BCUT2D eigenvalue weighted by Gasteiger charge is 2.43. The molecule has 2 saturated carbocycles. The monoisotopic (exact) mass is 234 g/mol. The molecule has 5 unspecified atom stereocenters. The molecule has 0 saturated heterocycles. The average molecular weight is 235 g/mol. The van der Waals surface area contributed by atoms with E-state index in [2.05, 4.69) is 22.9 Å². The predicted octanol–water partition coefficient (Wildman–Crippen LogP) is 3.54. The van der Waals surface area contributed by atoms with E-state index in [0.717, 1.165) is 25.2 Å². The fraction of sp³-hybridized carbons (Fsp3) is 1.00. The number of hydrogen-bond donors (Lipinski definition) is 0. The summed E-state index contributed by atoms with van der Waals surface area (Å²) in [6.45, 7) is 2.25. The van der Waals surface area contributed by atoms with E-state index in [1.54, 1.807) is 0 Å². The Kier molecular flexibility index (Phi) is 2.46. The Morgan fingerprint density at radius 3 is 2.50 bits per heavy atom. The molecule has 0 radical (unpaired) electrons. The molecule has 5 atom stereocenters. The molecule has 2 aliphatic carbocycles. The van der Waals surface area contributed by atoms with Gasteiger partial charge in [0.05, 0.1) is 0 Å². The van der Waals surface area contributed by atoms with Gasteiger partial charge in [0.2, 0.25) is 0 Å². The molecule has 0 spiro atoms. The van der Waals surface area contributed by atoms with E-state index in [4.69, 9.17) is 0 Å². The largest absolute Gasteiger partial charge is 0.247 e. The highest BCUT2D eigenvalue weighted by Crippen LogP contribution is 2.48. The standard InChI is InChI=1S/C10H16BrF/c1-6-4-7-8(5-6)10(12)3-2-9(7)11/h6-10H,2-5H2,1H3. The molecule has 2 aliphatic rings. The summed E-state index contributed by atoms with van der Waals surface area (Å²) in [6, 6.07) is 0. The van der Waals surface area contributed by atoms with Crippen LogP contribution in [0.2, 0.25) is 0 Å². The maximum atomic E-state index is 13.5. The summed E-state index contributed by atoms with van der Waals surface area (Å²) in [4.78, 5) is 0.597. The second kappa shape index (κ2) is 3.28. The van der Waals surface area contributed by atoms with Gasteiger partial charge in [-0.05, 0) is 43.4 Å². The lowest BCUT2D eigenvalue weighted by Crippen LogP contribution is -2.32. The molecule has 2 heteroatoms. The van der Waals surface area contributed by atoms with Crippen molar-refractivity contribution in [1.82, 2.24) is 0 Å². The molecule has 2 rings (SSSR count). The fourth-order valence-electron chi connectivity index (χ4n) is 2.95. The molecule has 0 amide bonds. The Labute approximate surface area is 82.0 Å². The highest BCUT2D eigenvalue weighted by molar-refractivity contribution is 9.09. The molecular formula is C10H16BrF. The van der Waals surface area contributed by atoms with Crippen molar-refractivity contribution in [3.63, 3.8) is 0 Å². The lowest BCUT2D eigenvalue weighted by atomic mass is 9.80. The van der Waals surface area contributed by atoms with Gasteiger partial charge < -0.3 is 0 Å². The maximum absolute atomic E-state index is 13.5. The van der Waals surface area contributed by atoms with Crippen LogP contribution in [0.15, 0.2) is 0 Å². The highest BCUT2D eigenvalue weighted by atomic mass is 79.9. The summed E-state index contributed by atoms with van der Waals surface area (Å²) >= 11 is 3.68. The normalized spacial score (nSPS) is 53.8. The number of hydrogen-bond acceptors (Lipinski definition) is 0. The van der Waals surface area contributed by atoms with Crippen LogP contribution >= 0.6 is 15.9 Å². The lowest BCUT2D eigenvalue weighted by Gasteiger charge is -2.32. The van der Waals surface area contributed by atoms with Crippen LogP contribution in [-0.2, 0) is 0 Å². The van der Waals surface area contributed by atoms with E-state index in [-0.39, 0.29) is 0 Å². The lowest BCUT2D eigenvalue weighted by molar-refractivity contribution is 0.135. The van der Waals surface area contributed by atoms with Gasteiger partial charge in [-0.25, -0.2) is 4.39 Å². The smallest absolute Gasteiger partial charge is 0.103 e. The first-order chi connectivity index (χ1) is 5.68. The van der Waals surface area contributed by atoms with Crippen LogP contribution in [0.5, 0.6) is 0 Å². The fourth-order valence-corrected chi connectivity index (χ4v) is 3.83. The van der Waals surface area contributed by atoms with E-state index < -0.39 is 6.17 Å². The first-order valence-electron chi connectivity index (χ1n) is 4.96. The Morgan fingerprint density at radius 1 is 1.17 bits per heavy atom. The van der Waals surface area contributed by atoms with Crippen LogP contribution in [-0.4, -0.2) is 11.0 Å². The van der Waals surface area contributed by atoms with Crippen LogP contribution in [0, 0.1) is 17.8 Å². The van der Waals surface area contributed by atoms with E-state index >= 15 is 0 Å². The van der Waals surface area contributed by atoms with Crippen molar-refractivity contribution < 1.29 is 4.39 Å². The second-order valence-corrected chi connectivity index (χ2v) is 5.69. The third-order valence-corrected chi connectivity index (χ3v) is 4.68. The number of fused-ring (bicyclic) bond motifs is 1.